The largest absolute Gasteiger partial charge is 0.478 e. The number of nitrogens with zero attached hydrogens (tertiary/aromatic N) is 2. The second-order valence-electron chi connectivity index (χ2n) is 4.37. The first-order chi connectivity index (χ1) is 8.99. The first-order valence-corrected chi connectivity index (χ1v) is 6.21. The fraction of sp³-hybridized carbons (Fsp3) is 0.231. The standard InChI is InChI=1S/C13H14ClN3O2/c1-8(2)17-7-6-11(16-17)15-10-5-3-4-9(14)12(10)13(18)19/h3-8H,1-2H3,(H,15,16)(H,18,19). The van der Waals surface area contributed by atoms with Gasteiger partial charge in [0.15, 0.2) is 5.82 Å². The van der Waals surface area contributed by atoms with Gasteiger partial charge >= 0.3 is 5.97 Å². The van der Waals surface area contributed by atoms with Gasteiger partial charge in [0.05, 0.1) is 10.7 Å². The van der Waals surface area contributed by atoms with E-state index in [1.54, 1.807) is 28.9 Å². The van der Waals surface area contributed by atoms with E-state index in [4.69, 9.17) is 16.7 Å². The Morgan fingerprint density at radius 3 is 2.74 bits per heavy atom. The first-order valence-electron chi connectivity index (χ1n) is 5.83. The van der Waals surface area contributed by atoms with Crippen molar-refractivity contribution in [3.05, 3.63) is 41.0 Å². The number of aromatic carboxylic acids is 1. The van der Waals surface area contributed by atoms with E-state index in [9.17, 15) is 4.79 Å². The Bertz CT molecular complexity index is 608. The van der Waals surface area contributed by atoms with Crippen LogP contribution in [-0.4, -0.2) is 20.9 Å². The number of halogens is 1. The minimum absolute atomic E-state index is 0.0447. The maximum absolute atomic E-state index is 11.2. The Kier molecular flexibility index (Phi) is 3.76. The minimum Gasteiger partial charge on any atom is -0.478 e. The maximum atomic E-state index is 11.2. The number of benzene rings is 1. The highest BCUT2D eigenvalue weighted by molar-refractivity contribution is 6.34. The Labute approximate surface area is 115 Å². The molecule has 2 N–H and O–H groups in total. The highest BCUT2D eigenvalue weighted by Gasteiger charge is 2.15. The van der Waals surface area contributed by atoms with Crippen LogP contribution in [0.2, 0.25) is 5.02 Å². The summed E-state index contributed by atoms with van der Waals surface area (Å²) in [6, 6.07) is 6.92. The Morgan fingerprint density at radius 1 is 1.42 bits per heavy atom. The number of hydrogen-bond acceptors (Lipinski definition) is 3. The molecule has 0 spiro atoms. The average molecular weight is 280 g/mol. The molecule has 1 heterocycles. The molecular weight excluding hydrogens is 266 g/mol. The Hall–Kier alpha value is -2.01. The summed E-state index contributed by atoms with van der Waals surface area (Å²) in [5, 5.41) is 16.6. The number of anilines is 2. The number of carboxylic acids is 1. The van der Waals surface area contributed by atoms with Crippen LogP contribution in [0, 0.1) is 0 Å². The second-order valence-corrected chi connectivity index (χ2v) is 4.77. The predicted molar refractivity (Wildman–Crippen MR) is 74.3 cm³/mol. The van der Waals surface area contributed by atoms with Crippen LogP contribution >= 0.6 is 11.6 Å². The van der Waals surface area contributed by atoms with Crippen LogP contribution in [0.4, 0.5) is 11.5 Å². The zero-order valence-electron chi connectivity index (χ0n) is 10.6. The lowest BCUT2D eigenvalue weighted by atomic mass is 10.2. The quantitative estimate of drug-likeness (QED) is 0.898. The van der Waals surface area contributed by atoms with Crippen molar-refractivity contribution < 1.29 is 9.90 Å². The van der Waals surface area contributed by atoms with Gasteiger partial charge in [0.2, 0.25) is 0 Å². The summed E-state index contributed by atoms with van der Waals surface area (Å²) in [5.41, 5.74) is 0.470. The molecule has 2 rings (SSSR count). The van der Waals surface area contributed by atoms with Gasteiger partial charge in [-0.15, -0.1) is 0 Å². The molecule has 19 heavy (non-hydrogen) atoms. The summed E-state index contributed by atoms with van der Waals surface area (Å²) in [7, 11) is 0. The topological polar surface area (TPSA) is 67.2 Å². The SMILES string of the molecule is CC(C)n1ccc(Nc2cccc(Cl)c2C(=O)O)n1. The van der Waals surface area contributed by atoms with E-state index >= 15 is 0 Å². The van der Waals surface area contributed by atoms with Gasteiger partial charge in [-0.1, -0.05) is 17.7 Å². The molecule has 2 aromatic rings. The lowest BCUT2D eigenvalue weighted by Crippen LogP contribution is -2.05. The molecular formula is C13H14ClN3O2. The van der Waals surface area contributed by atoms with Crippen LogP contribution in [0.3, 0.4) is 0 Å². The van der Waals surface area contributed by atoms with E-state index in [-0.39, 0.29) is 16.6 Å². The van der Waals surface area contributed by atoms with E-state index in [0.717, 1.165) is 0 Å². The van der Waals surface area contributed by atoms with Crippen molar-refractivity contribution in [3.8, 4) is 0 Å². The molecule has 0 saturated carbocycles. The van der Waals surface area contributed by atoms with E-state index < -0.39 is 5.97 Å². The summed E-state index contributed by atoms with van der Waals surface area (Å²) in [6.07, 6.45) is 1.83. The molecule has 100 valence electrons. The lowest BCUT2D eigenvalue weighted by Gasteiger charge is -2.09. The molecule has 0 saturated heterocycles. The molecule has 6 heteroatoms. The van der Waals surface area contributed by atoms with Crippen LogP contribution in [0.5, 0.6) is 0 Å². The zero-order chi connectivity index (χ0) is 14.0. The van der Waals surface area contributed by atoms with Crippen molar-refractivity contribution in [2.24, 2.45) is 0 Å². The van der Waals surface area contributed by atoms with Gasteiger partial charge in [-0.05, 0) is 26.0 Å². The number of nitrogens with one attached hydrogen (secondary N) is 1. The molecule has 0 unspecified atom stereocenters. The van der Waals surface area contributed by atoms with Gasteiger partial charge < -0.3 is 10.4 Å². The molecule has 0 amide bonds. The van der Waals surface area contributed by atoms with E-state index in [2.05, 4.69) is 10.4 Å². The van der Waals surface area contributed by atoms with E-state index in [1.807, 2.05) is 20.0 Å². The van der Waals surface area contributed by atoms with Crippen LogP contribution in [0.15, 0.2) is 30.5 Å². The smallest absolute Gasteiger partial charge is 0.339 e. The fourth-order valence-electron chi connectivity index (χ4n) is 1.68. The first kappa shape index (κ1) is 13.4. The van der Waals surface area contributed by atoms with Crippen LogP contribution in [0.1, 0.15) is 30.2 Å². The van der Waals surface area contributed by atoms with Crippen molar-refractivity contribution in [2.75, 3.05) is 5.32 Å². The molecule has 0 fully saturated rings. The zero-order valence-corrected chi connectivity index (χ0v) is 11.3. The molecule has 1 aromatic carbocycles. The summed E-state index contributed by atoms with van der Waals surface area (Å²) in [5.74, 6) is -0.491. The van der Waals surface area contributed by atoms with Gasteiger partial charge in [0, 0.05) is 18.3 Å². The van der Waals surface area contributed by atoms with E-state index in [0.29, 0.717) is 11.5 Å². The van der Waals surface area contributed by atoms with Gasteiger partial charge in [0.1, 0.15) is 5.56 Å². The molecule has 0 aliphatic rings. The Balaban J connectivity index is 2.32. The Morgan fingerprint density at radius 2 is 2.16 bits per heavy atom. The normalized spacial score (nSPS) is 10.7. The van der Waals surface area contributed by atoms with Gasteiger partial charge in [-0.3, -0.25) is 4.68 Å². The van der Waals surface area contributed by atoms with Crippen LogP contribution in [-0.2, 0) is 0 Å². The average Bonchev–Trinajstić information content (AvgIpc) is 2.77. The highest BCUT2D eigenvalue weighted by atomic mass is 35.5. The molecule has 0 aliphatic carbocycles. The molecule has 1 aromatic heterocycles. The predicted octanol–water partition coefficient (Wildman–Crippen LogP) is 3.56. The molecule has 0 radical (unpaired) electrons. The minimum atomic E-state index is -1.07. The van der Waals surface area contributed by atoms with Crippen LogP contribution in [0.25, 0.3) is 0 Å². The van der Waals surface area contributed by atoms with Gasteiger partial charge in [-0.2, -0.15) is 5.10 Å². The summed E-state index contributed by atoms with van der Waals surface area (Å²) in [4.78, 5) is 11.2. The maximum Gasteiger partial charge on any atom is 0.339 e. The van der Waals surface area contributed by atoms with Crippen molar-refractivity contribution in [3.63, 3.8) is 0 Å². The van der Waals surface area contributed by atoms with Crippen molar-refractivity contribution >= 4 is 29.1 Å². The van der Waals surface area contributed by atoms with Crippen molar-refractivity contribution in [1.29, 1.82) is 0 Å². The number of rotatable bonds is 4. The monoisotopic (exact) mass is 279 g/mol. The fourth-order valence-corrected chi connectivity index (χ4v) is 1.93. The molecule has 0 aliphatic heterocycles. The van der Waals surface area contributed by atoms with Gasteiger partial charge in [0.25, 0.3) is 0 Å². The van der Waals surface area contributed by atoms with Crippen molar-refractivity contribution in [2.45, 2.75) is 19.9 Å². The number of aromatic nitrogens is 2. The summed E-state index contributed by atoms with van der Waals surface area (Å²) in [6.45, 7) is 4.03. The van der Waals surface area contributed by atoms with E-state index in [1.165, 1.54) is 0 Å². The van der Waals surface area contributed by atoms with Crippen molar-refractivity contribution in [1.82, 2.24) is 9.78 Å². The number of carboxylic acid groups (broad SMARTS) is 1. The third-order valence-electron chi connectivity index (χ3n) is 2.63. The summed E-state index contributed by atoms with van der Waals surface area (Å²) >= 11 is 5.90. The third kappa shape index (κ3) is 2.88. The molecule has 0 atom stereocenters. The number of hydrogen-bond donors (Lipinski definition) is 2. The molecule has 5 nitrogen and oxygen atoms in total. The second kappa shape index (κ2) is 5.32. The third-order valence-corrected chi connectivity index (χ3v) is 2.94. The van der Waals surface area contributed by atoms with Crippen LogP contribution < -0.4 is 5.32 Å². The summed E-state index contributed by atoms with van der Waals surface area (Å²) < 4.78 is 1.79. The van der Waals surface area contributed by atoms with Gasteiger partial charge in [-0.25, -0.2) is 4.79 Å². The highest BCUT2D eigenvalue weighted by Crippen LogP contribution is 2.26. The molecule has 0 bridgehead atoms. The lowest BCUT2D eigenvalue weighted by molar-refractivity contribution is 0.0698. The number of carbonyl (C=O) groups is 1.